The van der Waals surface area contributed by atoms with Crippen molar-refractivity contribution in [3.63, 3.8) is 0 Å². The molecule has 1 N–H and O–H groups in total. The van der Waals surface area contributed by atoms with Crippen molar-refractivity contribution in [1.29, 1.82) is 0 Å². The molecule has 0 aromatic heterocycles. The normalized spacial score (nSPS) is 22.9. The molecule has 7 heteroatoms. The Morgan fingerprint density at radius 3 is 2.14 bits per heavy atom. The largest absolute Gasteiger partial charge is 0.414 e. The van der Waals surface area contributed by atoms with E-state index in [2.05, 4.69) is 38.6 Å². The van der Waals surface area contributed by atoms with Gasteiger partial charge in [-0.2, -0.15) is 0 Å². The maximum absolute atomic E-state index is 14.7. The smallest absolute Gasteiger partial charge is 0.192 e. The number of hydrogen-bond donors (Lipinski definition) is 1. The SMILES string of the molecule is Cc1cc(F)c([C@H](N[S@@](=O)C(C)(C)C)C2CC(O[Si](C)(C)C(C)(C)C)C2)cc1F. The molecule has 1 aromatic rings. The number of halogens is 2. The topological polar surface area (TPSA) is 38.3 Å². The van der Waals surface area contributed by atoms with Gasteiger partial charge in [-0.05, 0) is 82.3 Å². The van der Waals surface area contributed by atoms with Crippen LogP contribution in [0.25, 0.3) is 0 Å². The summed E-state index contributed by atoms with van der Waals surface area (Å²) in [5.74, 6) is -0.850. The molecule has 0 radical (unpaired) electrons. The van der Waals surface area contributed by atoms with Crippen molar-refractivity contribution in [3.05, 3.63) is 34.9 Å². The fraction of sp³-hybridized carbons (Fsp3) is 0.727. The van der Waals surface area contributed by atoms with Crippen LogP contribution in [0.2, 0.25) is 18.1 Å². The lowest BCUT2D eigenvalue weighted by atomic mass is 9.75. The van der Waals surface area contributed by atoms with Crippen LogP contribution in [0.1, 0.15) is 71.6 Å². The summed E-state index contributed by atoms with van der Waals surface area (Å²) >= 11 is 0. The highest BCUT2D eigenvalue weighted by Crippen LogP contribution is 2.45. The van der Waals surface area contributed by atoms with E-state index < -0.39 is 41.7 Å². The molecule has 0 saturated heterocycles. The molecule has 0 bridgehead atoms. The van der Waals surface area contributed by atoms with Gasteiger partial charge in [-0.1, -0.05) is 20.8 Å². The first-order chi connectivity index (χ1) is 13.0. The molecule has 1 aliphatic rings. The van der Waals surface area contributed by atoms with E-state index in [1.165, 1.54) is 12.1 Å². The zero-order chi connectivity index (χ0) is 22.4. The third-order valence-corrected chi connectivity index (χ3v) is 12.4. The van der Waals surface area contributed by atoms with Crippen LogP contribution in [0, 0.1) is 24.5 Å². The van der Waals surface area contributed by atoms with Gasteiger partial charge in [0.1, 0.15) is 11.6 Å². The predicted molar refractivity (Wildman–Crippen MR) is 120 cm³/mol. The van der Waals surface area contributed by atoms with Crippen molar-refractivity contribution in [1.82, 2.24) is 4.72 Å². The molecule has 3 nitrogen and oxygen atoms in total. The van der Waals surface area contributed by atoms with E-state index in [1.54, 1.807) is 6.92 Å². The van der Waals surface area contributed by atoms with E-state index in [-0.39, 0.29) is 28.2 Å². The molecule has 1 fully saturated rings. The minimum Gasteiger partial charge on any atom is -0.414 e. The second-order valence-corrected chi connectivity index (χ2v) is 17.6. The Morgan fingerprint density at radius 2 is 1.66 bits per heavy atom. The molecular weight excluding hydrogens is 408 g/mol. The van der Waals surface area contributed by atoms with Gasteiger partial charge in [0.15, 0.2) is 8.32 Å². The van der Waals surface area contributed by atoms with Crippen LogP contribution >= 0.6 is 0 Å². The Kier molecular flexibility index (Phi) is 7.20. The van der Waals surface area contributed by atoms with Gasteiger partial charge in [0, 0.05) is 11.7 Å². The van der Waals surface area contributed by atoms with E-state index in [9.17, 15) is 13.0 Å². The molecule has 29 heavy (non-hydrogen) atoms. The van der Waals surface area contributed by atoms with Gasteiger partial charge in [0.25, 0.3) is 0 Å². The molecule has 1 aromatic carbocycles. The first-order valence-electron chi connectivity index (χ1n) is 10.3. The lowest BCUT2D eigenvalue weighted by Crippen LogP contribution is -2.50. The minimum absolute atomic E-state index is 0.0488. The molecule has 1 aliphatic carbocycles. The van der Waals surface area contributed by atoms with Gasteiger partial charge in [-0.25, -0.2) is 17.7 Å². The highest BCUT2D eigenvalue weighted by Gasteiger charge is 2.45. The highest BCUT2D eigenvalue weighted by molar-refractivity contribution is 7.84. The second-order valence-electron chi connectivity index (χ2n) is 10.8. The number of nitrogens with one attached hydrogen (secondary N) is 1. The third-order valence-electron chi connectivity index (χ3n) is 6.27. The standard InChI is InChI=1S/C22H37F2NO2SSi/c1-14-10-19(24)17(13-18(14)23)20(25-28(26)21(2,3)4)15-11-16(12-15)27-29(8,9)22(5,6)7/h10,13,15-16,20,25H,11-12H2,1-9H3/t15?,16?,20-,28+/m1/s1. The quantitative estimate of drug-likeness (QED) is 0.532. The van der Waals surface area contributed by atoms with Crippen LogP contribution in [0.15, 0.2) is 12.1 Å². The Hall–Kier alpha value is -0.633. The van der Waals surface area contributed by atoms with Gasteiger partial charge in [-0.15, -0.1) is 0 Å². The molecule has 0 aliphatic heterocycles. The first kappa shape index (κ1) is 24.6. The Labute approximate surface area is 178 Å². The van der Waals surface area contributed by atoms with Crippen LogP contribution in [0.5, 0.6) is 0 Å². The van der Waals surface area contributed by atoms with Crippen molar-refractivity contribution >= 4 is 19.3 Å². The van der Waals surface area contributed by atoms with E-state index in [1.807, 2.05) is 20.8 Å². The van der Waals surface area contributed by atoms with Crippen molar-refractivity contribution in [3.8, 4) is 0 Å². The number of benzene rings is 1. The maximum atomic E-state index is 14.7. The molecule has 0 unspecified atom stereocenters. The fourth-order valence-electron chi connectivity index (χ4n) is 3.17. The van der Waals surface area contributed by atoms with E-state index in [4.69, 9.17) is 4.43 Å². The van der Waals surface area contributed by atoms with Crippen molar-refractivity contribution in [2.45, 2.75) is 96.3 Å². The van der Waals surface area contributed by atoms with Crippen molar-refractivity contribution in [2.75, 3.05) is 0 Å². The van der Waals surface area contributed by atoms with Crippen LogP contribution in [0.3, 0.4) is 0 Å². The average Bonchev–Trinajstić information content (AvgIpc) is 2.50. The molecule has 2 rings (SSSR count). The Bertz CT molecular complexity index is 765. The van der Waals surface area contributed by atoms with E-state index in [0.717, 1.165) is 12.8 Å². The Morgan fingerprint density at radius 1 is 1.10 bits per heavy atom. The average molecular weight is 446 g/mol. The molecule has 2 atom stereocenters. The second kappa shape index (κ2) is 8.48. The first-order valence-corrected chi connectivity index (χ1v) is 14.4. The number of rotatable bonds is 6. The van der Waals surface area contributed by atoms with Gasteiger partial charge in [-0.3, -0.25) is 0 Å². The van der Waals surface area contributed by atoms with Crippen LogP contribution in [-0.4, -0.2) is 23.4 Å². The molecule has 0 spiro atoms. The highest BCUT2D eigenvalue weighted by atomic mass is 32.2. The predicted octanol–water partition coefficient (Wildman–Crippen LogP) is 6.17. The lowest BCUT2D eigenvalue weighted by Gasteiger charge is -2.47. The van der Waals surface area contributed by atoms with Gasteiger partial charge in [0.2, 0.25) is 0 Å². The molecule has 1 saturated carbocycles. The number of hydrogen-bond acceptors (Lipinski definition) is 2. The van der Waals surface area contributed by atoms with Gasteiger partial charge in [0.05, 0.1) is 21.8 Å². The van der Waals surface area contributed by atoms with E-state index >= 15 is 0 Å². The third kappa shape index (κ3) is 5.74. The summed E-state index contributed by atoms with van der Waals surface area (Å²) < 4.78 is 50.8. The summed E-state index contributed by atoms with van der Waals surface area (Å²) in [5, 5.41) is 0.121. The molecular formula is C22H37F2NO2SSi. The fourth-order valence-corrected chi connectivity index (χ4v) is 5.46. The number of aryl methyl sites for hydroxylation is 1. The summed E-state index contributed by atoms with van der Waals surface area (Å²) in [6, 6.07) is 1.97. The Balaban J connectivity index is 2.23. The summed E-state index contributed by atoms with van der Waals surface area (Å²) in [6.45, 7) is 18.2. The maximum Gasteiger partial charge on any atom is 0.192 e. The van der Waals surface area contributed by atoms with E-state index in [0.29, 0.717) is 0 Å². The summed E-state index contributed by atoms with van der Waals surface area (Å²) in [4.78, 5) is 0. The zero-order valence-corrected chi connectivity index (χ0v) is 21.1. The summed E-state index contributed by atoms with van der Waals surface area (Å²) in [7, 11) is -3.28. The lowest BCUT2D eigenvalue weighted by molar-refractivity contribution is 0.0368. The zero-order valence-electron chi connectivity index (χ0n) is 19.3. The van der Waals surface area contributed by atoms with Crippen LogP contribution in [-0.2, 0) is 15.4 Å². The van der Waals surface area contributed by atoms with Crippen LogP contribution in [0.4, 0.5) is 8.78 Å². The van der Waals surface area contributed by atoms with Gasteiger partial charge >= 0.3 is 0 Å². The van der Waals surface area contributed by atoms with Gasteiger partial charge < -0.3 is 4.43 Å². The molecule has 0 amide bonds. The molecule has 166 valence electrons. The van der Waals surface area contributed by atoms with Crippen molar-refractivity contribution < 1.29 is 17.4 Å². The van der Waals surface area contributed by atoms with Crippen molar-refractivity contribution in [2.24, 2.45) is 5.92 Å². The summed E-state index contributed by atoms with van der Waals surface area (Å²) in [5.41, 5.74) is 0.524. The monoisotopic (exact) mass is 445 g/mol. The molecule has 0 heterocycles. The minimum atomic E-state index is -1.89. The summed E-state index contributed by atoms with van der Waals surface area (Å²) in [6.07, 6.45) is 1.62. The van der Waals surface area contributed by atoms with Crippen LogP contribution < -0.4 is 4.72 Å².